The van der Waals surface area contributed by atoms with Gasteiger partial charge in [0.15, 0.2) is 0 Å². The second kappa shape index (κ2) is 7.65. The molecule has 1 aromatic rings. The Hall–Kier alpha value is -1.06. The number of halogens is 1. The fourth-order valence-corrected chi connectivity index (χ4v) is 3.28. The molecule has 0 unspecified atom stereocenters. The lowest BCUT2D eigenvalue weighted by atomic mass is 9.68. The van der Waals surface area contributed by atoms with E-state index in [1.807, 2.05) is 0 Å². The minimum absolute atomic E-state index is 0. The van der Waals surface area contributed by atoms with E-state index in [0.29, 0.717) is 6.54 Å². The minimum Gasteiger partial charge on any atom is -0.354 e. The number of nitrogens with two attached hydrogens (primary N) is 1. The van der Waals surface area contributed by atoms with E-state index in [2.05, 4.69) is 36.5 Å². The number of carbonyl (C=O) groups excluding carboxylic acids is 1. The summed E-state index contributed by atoms with van der Waals surface area (Å²) < 4.78 is 0. The van der Waals surface area contributed by atoms with Crippen LogP contribution in [0.1, 0.15) is 43.2 Å². The van der Waals surface area contributed by atoms with Gasteiger partial charge in [0.2, 0.25) is 5.91 Å². The van der Waals surface area contributed by atoms with E-state index in [0.717, 1.165) is 12.8 Å². The van der Waals surface area contributed by atoms with Crippen LogP contribution < -0.4 is 11.1 Å². The van der Waals surface area contributed by atoms with Crippen LogP contribution in [0.25, 0.3) is 0 Å². The van der Waals surface area contributed by atoms with Crippen molar-refractivity contribution in [2.24, 2.45) is 5.73 Å². The van der Waals surface area contributed by atoms with Crippen molar-refractivity contribution in [3.05, 3.63) is 35.4 Å². The van der Waals surface area contributed by atoms with E-state index in [1.54, 1.807) is 0 Å². The smallest absolute Gasteiger partial charge is 0.233 e. The van der Waals surface area contributed by atoms with Gasteiger partial charge >= 0.3 is 0 Å². The van der Waals surface area contributed by atoms with Crippen molar-refractivity contribution in [2.45, 2.75) is 44.4 Å². The van der Waals surface area contributed by atoms with Crippen LogP contribution in [0.3, 0.4) is 0 Å². The molecule has 1 aliphatic carbocycles. The van der Waals surface area contributed by atoms with Gasteiger partial charge in [0.25, 0.3) is 0 Å². The van der Waals surface area contributed by atoms with Crippen molar-refractivity contribution in [2.75, 3.05) is 13.1 Å². The Labute approximate surface area is 127 Å². The molecule has 0 radical (unpaired) electrons. The first-order valence-corrected chi connectivity index (χ1v) is 7.21. The molecule has 1 saturated carbocycles. The number of hydrogen-bond acceptors (Lipinski definition) is 2. The number of carbonyl (C=O) groups is 1. The summed E-state index contributed by atoms with van der Waals surface area (Å²) in [6, 6.07) is 8.56. The van der Waals surface area contributed by atoms with Gasteiger partial charge in [-0.2, -0.15) is 0 Å². The fraction of sp³-hybridized carbons (Fsp3) is 0.562. The predicted molar refractivity (Wildman–Crippen MR) is 85.3 cm³/mol. The molecule has 0 atom stereocenters. The Balaban J connectivity index is 0.00000200. The van der Waals surface area contributed by atoms with Crippen LogP contribution in [0.4, 0.5) is 0 Å². The van der Waals surface area contributed by atoms with Crippen LogP contribution in [-0.4, -0.2) is 19.0 Å². The molecule has 2 rings (SSSR count). The lowest BCUT2D eigenvalue weighted by Gasteiger charge is -2.39. The molecule has 0 saturated heterocycles. The van der Waals surface area contributed by atoms with Crippen molar-refractivity contribution in [1.82, 2.24) is 5.32 Å². The molecular formula is C16H25ClN2O. The maximum absolute atomic E-state index is 11.5. The zero-order chi connectivity index (χ0) is 13.7. The molecule has 0 spiro atoms. The number of aryl methyl sites for hydroxylation is 1. The summed E-state index contributed by atoms with van der Waals surface area (Å²) in [5, 5.41) is 3.00. The van der Waals surface area contributed by atoms with Crippen LogP contribution in [0.5, 0.6) is 0 Å². The maximum Gasteiger partial charge on any atom is 0.233 e. The number of benzene rings is 1. The Kier molecular flexibility index (Phi) is 6.50. The molecule has 4 heteroatoms. The summed E-state index contributed by atoms with van der Waals surface area (Å²) in [4.78, 5) is 11.5. The third kappa shape index (κ3) is 3.74. The average molecular weight is 297 g/mol. The molecule has 3 nitrogen and oxygen atoms in total. The number of amides is 1. The predicted octanol–water partition coefficient (Wildman–Crippen LogP) is 2.69. The first kappa shape index (κ1) is 17.0. The van der Waals surface area contributed by atoms with Crippen LogP contribution in [0, 0.1) is 6.92 Å². The van der Waals surface area contributed by atoms with Crippen LogP contribution in [0.2, 0.25) is 0 Å². The Morgan fingerprint density at radius 2 is 1.90 bits per heavy atom. The van der Waals surface area contributed by atoms with Gasteiger partial charge in [0.1, 0.15) is 0 Å². The topological polar surface area (TPSA) is 55.1 Å². The average Bonchev–Trinajstić information content (AvgIpc) is 2.46. The quantitative estimate of drug-likeness (QED) is 0.897. The van der Waals surface area contributed by atoms with E-state index < -0.39 is 0 Å². The van der Waals surface area contributed by atoms with E-state index in [-0.39, 0.29) is 30.3 Å². The van der Waals surface area contributed by atoms with Gasteiger partial charge in [-0.05, 0) is 30.9 Å². The third-order valence-electron chi connectivity index (χ3n) is 4.34. The molecule has 0 bridgehead atoms. The van der Waals surface area contributed by atoms with Gasteiger partial charge < -0.3 is 11.1 Å². The van der Waals surface area contributed by atoms with Crippen molar-refractivity contribution >= 4 is 18.3 Å². The largest absolute Gasteiger partial charge is 0.354 e. The SMILES string of the molecule is Cc1ccccc1C1(CNC(=O)CN)CCCCC1.Cl. The molecule has 1 amide bonds. The highest BCUT2D eigenvalue weighted by Gasteiger charge is 2.34. The summed E-state index contributed by atoms with van der Waals surface area (Å²) in [6.45, 7) is 2.95. The molecule has 3 N–H and O–H groups in total. The molecule has 1 aromatic carbocycles. The second-order valence-electron chi connectivity index (χ2n) is 5.64. The highest BCUT2D eigenvalue weighted by Crippen LogP contribution is 2.40. The molecule has 0 aromatic heterocycles. The van der Waals surface area contributed by atoms with E-state index in [9.17, 15) is 4.79 Å². The van der Waals surface area contributed by atoms with Gasteiger partial charge in [-0.3, -0.25) is 4.79 Å². The highest BCUT2D eigenvalue weighted by atomic mass is 35.5. The van der Waals surface area contributed by atoms with Crippen molar-refractivity contribution < 1.29 is 4.79 Å². The maximum atomic E-state index is 11.5. The van der Waals surface area contributed by atoms with Crippen molar-refractivity contribution in [3.8, 4) is 0 Å². The lowest BCUT2D eigenvalue weighted by Crippen LogP contribution is -2.44. The van der Waals surface area contributed by atoms with Gasteiger partial charge in [-0.25, -0.2) is 0 Å². The van der Waals surface area contributed by atoms with E-state index in [1.165, 1.54) is 30.4 Å². The summed E-state index contributed by atoms with van der Waals surface area (Å²) >= 11 is 0. The Morgan fingerprint density at radius 1 is 1.25 bits per heavy atom. The minimum atomic E-state index is -0.0569. The van der Waals surface area contributed by atoms with Gasteiger partial charge in [0, 0.05) is 12.0 Å². The molecule has 1 aliphatic rings. The first-order chi connectivity index (χ1) is 9.18. The van der Waals surface area contributed by atoms with Gasteiger partial charge in [0.05, 0.1) is 6.54 Å². The summed E-state index contributed by atoms with van der Waals surface area (Å²) in [5.41, 5.74) is 8.21. The molecule has 112 valence electrons. The first-order valence-electron chi connectivity index (χ1n) is 7.21. The molecule has 0 aliphatic heterocycles. The molecule has 20 heavy (non-hydrogen) atoms. The Bertz CT molecular complexity index is 442. The van der Waals surface area contributed by atoms with Crippen molar-refractivity contribution in [3.63, 3.8) is 0 Å². The molecule has 0 heterocycles. The number of hydrogen-bond donors (Lipinski definition) is 2. The van der Waals surface area contributed by atoms with Crippen LogP contribution in [-0.2, 0) is 10.2 Å². The monoisotopic (exact) mass is 296 g/mol. The number of nitrogens with one attached hydrogen (secondary N) is 1. The highest BCUT2D eigenvalue weighted by molar-refractivity contribution is 5.85. The van der Waals surface area contributed by atoms with E-state index in [4.69, 9.17) is 5.73 Å². The van der Waals surface area contributed by atoms with E-state index >= 15 is 0 Å². The normalized spacial score (nSPS) is 17.1. The molecule has 1 fully saturated rings. The standard InChI is InChI=1S/C16H24N2O.ClH/c1-13-7-3-4-8-14(13)16(9-5-2-6-10-16)12-18-15(19)11-17;/h3-4,7-8H,2,5-6,9-12,17H2,1H3,(H,18,19);1H. The molecular weight excluding hydrogens is 272 g/mol. The van der Waals surface area contributed by atoms with Crippen LogP contribution >= 0.6 is 12.4 Å². The number of rotatable bonds is 4. The Morgan fingerprint density at radius 3 is 2.50 bits per heavy atom. The van der Waals surface area contributed by atoms with Crippen molar-refractivity contribution in [1.29, 1.82) is 0 Å². The summed E-state index contributed by atoms with van der Waals surface area (Å²) in [7, 11) is 0. The lowest BCUT2D eigenvalue weighted by molar-refractivity contribution is -0.120. The van der Waals surface area contributed by atoms with Gasteiger partial charge in [-0.15, -0.1) is 12.4 Å². The van der Waals surface area contributed by atoms with Gasteiger partial charge in [-0.1, -0.05) is 43.5 Å². The zero-order valence-corrected chi connectivity index (χ0v) is 13.0. The summed E-state index contributed by atoms with van der Waals surface area (Å²) in [5.74, 6) is -0.0569. The second-order valence-corrected chi connectivity index (χ2v) is 5.64. The van der Waals surface area contributed by atoms with Crippen LogP contribution in [0.15, 0.2) is 24.3 Å². The zero-order valence-electron chi connectivity index (χ0n) is 12.2. The summed E-state index contributed by atoms with van der Waals surface area (Å²) in [6.07, 6.45) is 6.10. The third-order valence-corrected chi connectivity index (χ3v) is 4.34. The fourth-order valence-electron chi connectivity index (χ4n) is 3.28.